The van der Waals surface area contributed by atoms with E-state index < -0.39 is 0 Å². The summed E-state index contributed by atoms with van der Waals surface area (Å²) < 4.78 is 5.11. The number of piperidine rings is 1. The van der Waals surface area contributed by atoms with E-state index in [1.165, 1.54) is 0 Å². The Bertz CT molecular complexity index is 797. The highest BCUT2D eigenvalue weighted by Crippen LogP contribution is 2.18. The summed E-state index contributed by atoms with van der Waals surface area (Å²) in [6, 6.07) is 18.4. The zero-order valence-electron chi connectivity index (χ0n) is 16.6. The molecular formula is C23H28N2O3. The van der Waals surface area contributed by atoms with Gasteiger partial charge in [-0.1, -0.05) is 59.8 Å². The molecule has 0 saturated carbocycles. The average Bonchev–Trinajstić information content (AvgIpc) is 2.73. The number of carbonyl (C=O) groups excluding carboxylic acids is 1. The summed E-state index contributed by atoms with van der Waals surface area (Å²) >= 11 is 0. The lowest BCUT2D eigenvalue weighted by atomic mass is 9.95. The molecule has 0 aromatic heterocycles. The van der Waals surface area contributed by atoms with Gasteiger partial charge in [-0.3, -0.25) is 4.79 Å². The van der Waals surface area contributed by atoms with Gasteiger partial charge in [-0.15, -0.1) is 0 Å². The Morgan fingerprint density at radius 1 is 1.11 bits per heavy atom. The van der Waals surface area contributed by atoms with Crippen molar-refractivity contribution in [1.82, 2.24) is 5.32 Å². The third-order valence-electron chi connectivity index (χ3n) is 5.02. The van der Waals surface area contributed by atoms with Gasteiger partial charge in [0.1, 0.15) is 12.3 Å². The molecule has 0 unspecified atom stereocenters. The lowest BCUT2D eigenvalue weighted by Crippen LogP contribution is -2.44. The Morgan fingerprint density at radius 3 is 2.54 bits per heavy atom. The van der Waals surface area contributed by atoms with Crippen LogP contribution in [0.3, 0.4) is 0 Å². The van der Waals surface area contributed by atoms with Crippen molar-refractivity contribution in [3.8, 4) is 0 Å². The molecule has 2 aromatic rings. The number of hydrogen-bond acceptors (Lipinski definition) is 5. The van der Waals surface area contributed by atoms with Crippen molar-refractivity contribution in [1.29, 1.82) is 0 Å². The van der Waals surface area contributed by atoms with Crippen molar-refractivity contribution in [3.63, 3.8) is 0 Å². The number of aryl methyl sites for hydroxylation is 1. The van der Waals surface area contributed by atoms with Gasteiger partial charge in [0.15, 0.2) is 0 Å². The van der Waals surface area contributed by atoms with Crippen molar-refractivity contribution in [3.05, 3.63) is 71.3 Å². The second kappa shape index (κ2) is 10.0. The third kappa shape index (κ3) is 5.20. The Balaban J connectivity index is 1.64. The largest absolute Gasteiger partial charge is 0.466 e. The fourth-order valence-electron chi connectivity index (χ4n) is 3.40. The van der Waals surface area contributed by atoms with Crippen LogP contribution in [0.15, 0.2) is 59.8 Å². The highest BCUT2D eigenvalue weighted by molar-refractivity contribution is 6.13. The predicted molar refractivity (Wildman–Crippen MR) is 110 cm³/mol. The molecule has 2 aromatic carbocycles. The molecular weight excluding hydrogens is 352 g/mol. The second-order valence-corrected chi connectivity index (χ2v) is 7.05. The molecule has 0 aliphatic carbocycles. The van der Waals surface area contributed by atoms with Crippen molar-refractivity contribution in [2.45, 2.75) is 32.7 Å². The molecule has 0 amide bonds. The van der Waals surface area contributed by atoms with Gasteiger partial charge >= 0.3 is 5.97 Å². The average molecular weight is 380 g/mol. The summed E-state index contributed by atoms with van der Waals surface area (Å²) in [6.45, 7) is 5.43. The first-order valence-electron chi connectivity index (χ1n) is 9.90. The number of benzene rings is 2. The van der Waals surface area contributed by atoms with Crippen LogP contribution in [-0.4, -0.2) is 37.5 Å². The molecule has 1 heterocycles. The molecule has 1 aliphatic rings. The topological polar surface area (TPSA) is 59.9 Å². The predicted octanol–water partition coefficient (Wildman–Crippen LogP) is 3.70. The monoisotopic (exact) mass is 380 g/mol. The van der Waals surface area contributed by atoms with Crippen LogP contribution in [0.1, 0.15) is 36.5 Å². The van der Waals surface area contributed by atoms with E-state index in [9.17, 15) is 4.79 Å². The van der Waals surface area contributed by atoms with E-state index in [0.29, 0.717) is 19.8 Å². The molecule has 2 atom stereocenters. The minimum atomic E-state index is -0.113. The van der Waals surface area contributed by atoms with Gasteiger partial charge in [0.05, 0.1) is 12.5 Å². The molecule has 3 rings (SSSR count). The molecule has 1 aliphatic heterocycles. The summed E-state index contributed by atoms with van der Waals surface area (Å²) in [5.74, 6) is -0.176. The molecule has 5 heteroatoms. The minimum Gasteiger partial charge on any atom is -0.466 e. The van der Waals surface area contributed by atoms with E-state index in [2.05, 4.69) is 29.5 Å². The molecule has 1 fully saturated rings. The van der Waals surface area contributed by atoms with E-state index in [4.69, 9.17) is 9.57 Å². The maximum atomic E-state index is 11.8. The Hall–Kier alpha value is -2.66. The Labute approximate surface area is 166 Å². The molecule has 1 saturated heterocycles. The SMILES string of the molecule is CCOC(=O)[C@@H]1CC[C@H](CO/N=C(/c2ccccc2)c2ccccc2C)NC1. The molecule has 1 N–H and O–H groups in total. The number of rotatable bonds is 7. The van der Waals surface area contributed by atoms with E-state index >= 15 is 0 Å². The number of esters is 1. The maximum Gasteiger partial charge on any atom is 0.310 e. The normalized spacial score (nSPS) is 19.9. The van der Waals surface area contributed by atoms with Crippen LogP contribution in [0, 0.1) is 12.8 Å². The van der Waals surface area contributed by atoms with Gasteiger partial charge in [-0.25, -0.2) is 0 Å². The van der Waals surface area contributed by atoms with Gasteiger partial charge in [-0.2, -0.15) is 0 Å². The van der Waals surface area contributed by atoms with E-state index in [1.807, 2.05) is 49.4 Å². The molecule has 0 bridgehead atoms. The summed E-state index contributed by atoms with van der Waals surface area (Å²) in [7, 11) is 0. The van der Waals surface area contributed by atoms with Crippen molar-refractivity contribution in [2.75, 3.05) is 19.8 Å². The highest BCUT2D eigenvalue weighted by atomic mass is 16.6. The summed E-state index contributed by atoms with van der Waals surface area (Å²) in [4.78, 5) is 17.6. The molecule has 0 radical (unpaired) electrons. The van der Waals surface area contributed by atoms with Crippen LogP contribution in [-0.2, 0) is 14.4 Å². The maximum absolute atomic E-state index is 11.8. The van der Waals surface area contributed by atoms with Crippen LogP contribution < -0.4 is 5.32 Å². The van der Waals surface area contributed by atoms with Crippen LogP contribution in [0.25, 0.3) is 0 Å². The lowest BCUT2D eigenvalue weighted by molar-refractivity contribution is -0.148. The summed E-state index contributed by atoms with van der Waals surface area (Å²) in [6.07, 6.45) is 1.68. The van der Waals surface area contributed by atoms with E-state index in [0.717, 1.165) is 35.2 Å². The molecule has 0 spiro atoms. The fourth-order valence-corrected chi connectivity index (χ4v) is 3.40. The van der Waals surface area contributed by atoms with Crippen molar-refractivity contribution in [2.24, 2.45) is 11.1 Å². The van der Waals surface area contributed by atoms with Gasteiger partial charge < -0.3 is 14.9 Å². The number of carbonyl (C=O) groups is 1. The highest BCUT2D eigenvalue weighted by Gasteiger charge is 2.27. The molecule has 28 heavy (non-hydrogen) atoms. The van der Waals surface area contributed by atoms with Crippen molar-refractivity contribution >= 4 is 11.7 Å². The first kappa shape index (κ1) is 20.1. The van der Waals surface area contributed by atoms with Gasteiger partial charge in [0.25, 0.3) is 0 Å². The molecule has 148 valence electrons. The first-order valence-corrected chi connectivity index (χ1v) is 9.90. The Morgan fingerprint density at radius 2 is 1.86 bits per heavy atom. The first-order chi connectivity index (χ1) is 13.7. The van der Waals surface area contributed by atoms with E-state index in [1.54, 1.807) is 0 Å². The summed E-state index contributed by atoms with van der Waals surface area (Å²) in [5, 5.41) is 7.87. The van der Waals surface area contributed by atoms with Gasteiger partial charge in [-0.05, 0) is 32.3 Å². The standard InChI is InChI=1S/C23H28N2O3/c1-3-27-23(26)19-13-14-20(24-15-19)16-28-25-22(18-10-5-4-6-11-18)21-12-8-7-9-17(21)2/h4-12,19-20,24H,3,13-16H2,1-2H3/b25-22-/t19-,20-/m1/s1. The van der Waals surface area contributed by atoms with E-state index in [-0.39, 0.29) is 17.9 Å². The smallest absolute Gasteiger partial charge is 0.310 e. The van der Waals surface area contributed by atoms with Crippen LogP contribution >= 0.6 is 0 Å². The quantitative estimate of drug-likeness (QED) is 0.452. The number of nitrogens with zero attached hydrogens (tertiary/aromatic N) is 1. The second-order valence-electron chi connectivity index (χ2n) is 7.05. The fraction of sp³-hybridized carbons (Fsp3) is 0.391. The van der Waals surface area contributed by atoms with Crippen LogP contribution in [0.5, 0.6) is 0 Å². The van der Waals surface area contributed by atoms with Crippen LogP contribution in [0.2, 0.25) is 0 Å². The lowest BCUT2D eigenvalue weighted by Gasteiger charge is -2.27. The number of hydrogen-bond donors (Lipinski definition) is 1. The third-order valence-corrected chi connectivity index (χ3v) is 5.02. The number of nitrogens with one attached hydrogen (secondary N) is 1. The molecule has 5 nitrogen and oxygen atoms in total. The Kier molecular flexibility index (Phi) is 7.20. The zero-order chi connectivity index (χ0) is 19.8. The van der Waals surface area contributed by atoms with Gasteiger partial charge in [0, 0.05) is 23.7 Å². The van der Waals surface area contributed by atoms with Crippen molar-refractivity contribution < 1.29 is 14.4 Å². The van der Waals surface area contributed by atoms with Gasteiger partial charge in [0.2, 0.25) is 0 Å². The van der Waals surface area contributed by atoms with Crippen LogP contribution in [0.4, 0.5) is 0 Å². The minimum absolute atomic E-state index is 0.0634. The zero-order valence-corrected chi connectivity index (χ0v) is 16.6. The number of oxime groups is 1. The number of ether oxygens (including phenoxy) is 1. The summed E-state index contributed by atoms with van der Waals surface area (Å²) in [5.41, 5.74) is 4.07.